The van der Waals surface area contributed by atoms with Crippen LogP contribution < -0.4 is 0 Å². The molecule has 0 spiro atoms. The first-order valence-corrected chi connectivity index (χ1v) is 11.8. The summed E-state index contributed by atoms with van der Waals surface area (Å²) < 4.78 is 11.9. The van der Waals surface area contributed by atoms with Crippen molar-refractivity contribution in [3.8, 4) is 0 Å². The van der Waals surface area contributed by atoms with Gasteiger partial charge in [-0.2, -0.15) is 0 Å². The minimum atomic E-state index is -0.325. The third-order valence-electron chi connectivity index (χ3n) is 9.85. The van der Waals surface area contributed by atoms with Crippen molar-refractivity contribution >= 4 is 5.94 Å². The average molecular weight is 397 g/mol. The van der Waals surface area contributed by atoms with Gasteiger partial charge in [-0.3, -0.25) is 0 Å². The van der Waals surface area contributed by atoms with Crippen LogP contribution in [0.25, 0.3) is 0 Å². The minimum absolute atomic E-state index is 0.225. The maximum Gasteiger partial charge on any atom is 0.177 e. The maximum atomic E-state index is 10.7. The molecular formula is C26H36O3. The SMILES string of the molecule is CC1CCC2C3CC=C4C[C@@H](OC5C=CC(=C=O)CO5)CCC4(C)C3CCC12C. The van der Waals surface area contributed by atoms with Crippen LogP contribution in [-0.2, 0) is 14.3 Å². The van der Waals surface area contributed by atoms with Gasteiger partial charge in [0.05, 0.1) is 18.3 Å². The van der Waals surface area contributed by atoms with E-state index in [1.165, 1.54) is 38.5 Å². The van der Waals surface area contributed by atoms with Gasteiger partial charge in [-0.05, 0) is 98.0 Å². The Morgan fingerprint density at radius 1 is 1.14 bits per heavy atom. The molecule has 0 radical (unpaired) electrons. The molecule has 3 nitrogen and oxygen atoms in total. The second-order valence-corrected chi connectivity index (χ2v) is 10.9. The fraction of sp³-hybridized carbons (Fsp3) is 0.769. The Balaban J connectivity index is 1.30. The van der Waals surface area contributed by atoms with Crippen molar-refractivity contribution in [2.24, 2.45) is 34.5 Å². The molecule has 8 atom stereocenters. The molecule has 0 bridgehead atoms. The summed E-state index contributed by atoms with van der Waals surface area (Å²) in [5.41, 5.74) is 3.17. The standard InChI is InChI=1S/C26H36O3/c1-17-4-8-22-21-7-6-19-14-20(29-24-9-5-18(15-27)16-28-24)10-12-26(19,3)23(21)11-13-25(17,22)2/h5-6,9,17,20-24H,4,7-8,10-14,16H2,1-3H3/t17?,20-,21?,22?,23?,24?,25?,26?/m0/s1. The number of allylic oxidation sites excluding steroid dienone is 1. The van der Waals surface area contributed by atoms with Crippen LogP contribution in [0.2, 0.25) is 0 Å². The highest BCUT2D eigenvalue weighted by atomic mass is 16.7. The average Bonchev–Trinajstić information content (AvgIpc) is 3.03. The number of hydrogen-bond donors (Lipinski definition) is 0. The van der Waals surface area contributed by atoms with Crippen LogP contribution in [0, 0.1) is 34.5 Å². The Morgan fingerprint density at radius 3 is 2.76 bits per heavy atom. The van der Waals surface area contributed by atoms with Crippen LogP contribution in [0.3, 0.4) is 0 Å². The number of hydrogen-bond acceptors (Lipinski definition) is 3. The van der Waals surface area contributed by atoms with Crippen LogP contribution in [0.1, 0.15) is 72.1 Å². The molecule has 3 saturated carbocycles. The molecule has 7 unspecified atom stereocenters. The summed E-state index contributed by atoms with van der Waals surface area (Å²) in [6.07, 6.45) is 16.5. The number of fused-ring (bicyclic) bond motifs is 5. The molecule has 3 heteroatoms. The van der Waals surface area contributed by atoms with Gasteiger partial charge in [-0.15, -0.1) is 0 Å². The van der Waals surface area contributed by atoms with Crippen LogP contribution in [0.15, 0.2) is 29.4 Å². The first-order chi connectivity index (χ1) is 13.9. The number of carbonyl (C=O) groups excluding carboxylic acids is 1. The van der Waals surface area contributed by atoms with Gasteiger partial charge in [0, 0.05) is 0 Å². The molecule has 0 saturated heterocycles. The molecule has 1 heterocycles. The third kappa shape index (κ3) is 3.12. The van der Waals surface area contributed by atoms with E-state index in [4.69, 9.17) is 9.47 Å². The molecular weight excluding hydrogens is 360 g/mol. The summed E-state index contributed by atoms with van der Waals surface area (Å²) in [6.45, 7) is 7.97. The van der Waals surface area contributed by atoms with Crippen molar-refractivity contribution in [3.63, 3.8) is 0 Å². The first kappa shape index (κ1) is 19.8. The van der Waals surface area contributed by atoms with Crippen LogP contribution >= 0.6 is 0 Å². The normalized spacial score (nSPS) is 48.9. The van der Waals surface area contributed by atoms with Gasteiger partial charge in [0.15, 0.2) is 6.29 Å². The summed E-state index contributed by atoms with van der Waals surface area (Å²) >= 11 is 0. The van der Waals surface area contributed by atoms with Gasteiger partial charge in [0.25, 0.3) is 0 Å². The maximum absolute atomic E-state index is 10.7. The molecule has 5 rings (SSSR count). The van der Waals surface area contributed by atoms with E-state index in [1.807, 2.05) is 12.0 Å². The van der Waals surface area contributed by atoms with Gasteiger partial charge in [-0.1, -0.05) is 32.4 Å². The van der Waals surface area contributed by atoms with Crippen molar-refractivity contribution in [2.45, 2.75) is 84.5 Å². The second kappa shape index (κ2) is 7.22. The van der Waals surface area contributed by atoms with Gasteiger partial charge < -0.3 is 9.47 Å². The smallest absolute Gasteiger partial charge is 0.177 e. The predicted molar refractivity (Wildman–Crippen MR) is 114 cm³/mol. The van der Waals surface area contributed by atoms with Crippen molar-refractivity contribution in [1.82, 2.24) is 0 Å². The van der Waals surface area contributed by atoms with E-state index in [9.17, 15) is 4.79 Å². The lowest BCUT2D eigenvalue weighted by Crippen LogP contribution is -2.50. The fourth-order valence-electron chi connectivity index (χ4n) is 7.81. The fourth-order valence-corrected chi connectivity index (χ4v) is 7.81. The molecule has 158 valence electrons. The van der Waals surface area contributed by atoms with Crippen LogP contribution in [-0.4, -0.2) is 24.9 Å². The molecule has 0 N–H and O–H groups in total. The molecule has 3 fully saturated rings. The Bertz CT molecular complexity index is 775. The van der Waals surface area contributed by atoms with Crippen molar-refractivity contribution in [3.05, 3.63) is 29.4 Å². The van der Waals surface area contributed by atoms with Gasteiger partial charge in [-0.25, -0.2) is 4.79 Å². The van der Waals surface area contributed by atoms with Crippen molar-refractivity contribution < 1.29 is 14.3 Å². The van der Waals surface area contributed by atoms with Crippen LogP contribution in [0.4, 0.5) is 0 Å². The first-order valence-electron chi connectivity index (χ1n) is 11.8. The minimum Gasteiger partial charge on any atom is -0.345 e. The summed E-state index contributed by atoms with van der Waals surface area (Å²) in [5, 5.41) is 0. The van der Waals surface area contributed by atoms with Crippen molar-refractivity contribution in [1.29, 1.82) is 0 Å². The monoisotopic (exact) mass is 396 g/mol. The van der Waals surface area contributed by atoms with Gasteiger partial charge >= 0.3 is 0 Å². The summed E-state index contributed by atoms with van der Waals surface area (Å²) in [4.78, 5) is 10.7. The Hall–Kier alpha value is -1.15. The largest absolute Gasteiger partial charge is 0.345 e. The number of rotatable bonds is 2. The molecule has 5 aliphatic rings. The lowest BCUT2D eigenvalue weighted by Gasteiger charge is -2.58. The Kier molecular flexibility index (Phi) is 4.93. The Labute approximate surface area is 175 Å². The van der Waals surface area contributed by atoms with E-state index in [0.717, 1.165) is 36.5 Å². The quantitative estimate of drug-likeness (QED) is 0.447. The van der Waals surface area contributed by atoms with E-state index >= 15 is 0 Å². The highest BCUT2D eigenvalue weighted by Gasteiger charge is 2.57. The topological polar surface area (TPSA) is 35.5 Å². The lowest BCUT2D eigenvalue weighted by atomic mass is 9.47. The molecule has 0 amide bonds. The van der Waals surface area contributed by atoms with E-state index in [0.29, 0.717) is 23.0 Å². The zero-order valence-electron chi connectivity index (χ0n) is 18.3. The van der Waals surface area contributed by atoms with Crippen molar-refractivity contribution in [2.75, 3.05) is 6.61 Å². The van der Waals surface area contributed by atoms with Crippen LogP contribution in [0.5, 0.6) is 0 Å². The zero-order valence-corrected chi connectivity index (χ0v) is 18.3. The summed E-state index contributed by atoms with van der Waals surface area (Å²) in [5.74, 6) is 5.49. The molecule has 0 aromatic rings. The molecule has 29 heavy (non-hydrogen) atoms. The lowest BCUT2D eigenvalue weighted by molar-refractivity contribution is -0.151. The molecule has 1 aliphatic heterocycles. The second-order valence-electron chi connectivity index (χ2n) is 10.9. The van der Waals surface area contributed by atoms with E-state index in [1.54, 1.807) is 11.6 Å². The molecule has 4 aliphatic carbocycles. The number of ether oxygens (including phenoxy) is 2. The highest BCUT2D eigenvalue weighted by molar-refractivity contribution is 5.57. The van der Waals surface area contributed by atoms with Gasteiger partial charge in [0.2, 0.25) is 0 Å². The molecule has 0 aromatic carbocycles. The van der Waals surface area contributed by atoms with E-state index in [-0.39, 0.29) is 12.4 Å². The highest BCUT2D eigenvalue weighted by Crippen LogP contribution is 2.66. The predicted octanol–water partition coefficient (Wildman–Crippen LogP) is 5.64. The van der Waals surface area contributed by atoms with Gasteiger partial charge in [0.1, 0.15) is 5.94 Å². The van der Waals surface area contributed by atoms with E-state index < -0.39 is 0 Å². The third-order valence-corrected chi connectivity index (χ3v) is 9.85. The zero-order chi connectivity index (χ0) is 20.2. The molecule has 0 aromatic heterocycles. The summed E-state index contributed by atoms with van der Waals surface area (Å²) in [6, 6.07) is 0. The van der Waals surface area contributed by atoms with E-state index in [2.05, 4.69) is 26.8 Å². The Morgan fingerprint density at radius 2 is 2.00 bits per heavy atom. The summed E-state index contributed by atoms with van der Waals surface area (Å²) in [7, 11) is 0.